The van der Waals surface area contributed by atoms with E-state index in [-0.39, 0.29) is 17.7 Å². The van der Waals surface area contributed by atoms with E-state index in [1.165, 1.54) is 42.2 Å². The van der Waals surface area contributed by atoms with Gasteiger partial charge in [0.25, 0.3) is 5.22 Å². The topological polar surface area (TPSA) is 68.0 Å². The molecule has 0 fully saturated rings. The first kappa shape index (κ1) is 19.7. The van der Waals surface area contributed by atoms with Gasteiger partial charge in [0.1, 0.15) is 0 Å². The Morgan fingerprint density at radius 1 is 1.14 bits per heavy atom. The van der Waals surface area contributed by atoms with Gasteiger partial charge in [0.15, 0.2) is 0 Å². The molecule has 0 radical (unpaired) electrons. The Labute approximate surface area is 175 Å². The van der Waals surface area contributed by atoms with Crippen molar-refractivity contribution in [3.8, 4) is 11.5 Å². The Bertz CT molecular complexity index is 1010. The second-order valence-electron chi connectivity index (χ2n) is 7.50. The highest BCUT2D eigenvalue weighted by molar-refractivity contribution is 7.99. The molecule has 0 aliphatic heterocycles. The van der Waals surface area contributed by atoms with Gasteiger partial charge in [-0.25, -0.2) is 0 Å². The number of amides is 1. The van der Waals surface area contributed by atoms with Gasteiger partial charge in [0.2, 0.25) is 11.8 Å². The molecular formula is C23H25N3O2S. The van der Waals surface area contributed by atoms with Crippen LogP contribution in [0.4, 0.5) is 0 Å². The second kappa shape index (κ2) is 8.82. The van der Waals surface area contributed by atoms with Crippen molar-refractivity contribution < 1.29 is 9.21 Å². The Morgan fingerprint density at radius 3 is 2.76 bits per heavy atom. The summed E-state index contributed by atoms with van der Waals surface area (Å²) >= 11 is 1.26. The number of hydrogen-bond donors (Lipinski definition) is 1. The largest absolute Gasteiger partial charge is 0.411 e. The summed E-state index contributed by atoms with van der Waals surface area (Å²) in [4.78, 5) is 12.4. The normalized spacial score (nSPS) is 14.3. The first-order valence-electron chi connectivity index (χ1n) is 10.0. The van der Waals surface area contributed by atoms with Crippen molar-refractivity contribution in [1.29, 1.82) is 0 Å². The van der Waals surface area contributed by atoms with E-state index in [9.17, 15) is 4.79 Å². The average molecular weight is 408 g/mol. The number of hydrogen-bond acceptors (Lipinski definition) is 5. The number of aryl methyl sites for hydroxylation is 3. The molecule has 0 saturated carbocycles. The lowest BCUT2D eigenvalue weighted by Gasteiger charge is -2.20. The fourth-order valence-corrected chi connectivity index (χ4v) is 4.28. The standard InChI is InChI=1S/C23H25N3O2S/c1-15-7-3-6-10-20(15)22-25-26-23(28-22)29-14-21(27)24-16(2)18-12-11-17-8-4-5-9-19(17)13-18/h3,6-7,10-13,16H,4-5,8-9,14H2,1-2H3,(H,24,27)/t16-/m1/s1. The average Bonchev–Trinajstić information content (AvgIpc) is 3.21. The first-order valence-corrected chi connectivity index (χ1v) is 11.0. The number of rotatable bonds is 6. The molecule has 3 aromatic rings. The van der Waals surface area contributed by atoms with Crippen molar-refractivity contribution in [3.63, 3.8) is 0 Å². The van der Waals surface area contributed by atoms with Gasteiger partial charge >= 0.3 is 0 Å². The monoisotopic (exact) mass is 407 g/mol. The Morgan fingerprint density at radius 2 is 1.93 bits per heavy atom. The van der Waals surface area contributed by atoms with Crippen LogP contribution in [0.25, 0.3) is 11.5 Å². The van der Waals surface area contributed by atoms with E-state index < -0.39 is 0 Å². The summed E-state index contributed by atoms with van der Waals surface area (Å²) in [5.74, 6) is 0.675. The molecule has 2 aromatic carbocycles. The van der Waals surface area contributed by atoms with Gasteiger partial charge in [-0.3, -0.25) is 4.79 Å². The maximum atomic E-state index is 12.4. The highest BCUT2D eigenvalue weighted by Gasteiger charge is 2.16. The highest BCUT2D eigenvalue weighted by atomic mass is 32.2. The summed E-state index contributed by atoms with van der Waals surface area (Å²) < 4.78 is 5.71. The second-order valence-corrected chi connectivity index (χ2v) is 8.43. The van der Waals surface area contributed by atoms with Crippen molar-refractivity contribution in [2.24, 2.45) is 0 Å². The number of nitrogens with one attached hydrogen (secondary N) is 1. The van der Waals surface area contributed by atoms with Crippen LogP contribution in [0, 0.1) is 6.92 Å². The molecule has 1 atom stereocenters. The quantitative estimate of drug-likeness (QED) is 0.589. The molecule has 6 heteroatoms. The molecule has 0 saturated heterocycles. The lowest BCUT2D eigenvalue weighted by Crippen LogP contribution is -2.28. The minimum absolute atomic E-state index is 0.0273. The molecular weight excluding hydrogens is 382 g/mol. The van der Waals surface area contributed by atoms with Crippen molar-refractivity contribution in [2.45, 2.75) is 50.8 Å². The molecule has 1 heterocycles. The number of benzene rings is 2. The summed E-state index contributed by atoms with van der Waals surface area (Å²) in [6, 6.07) is 14.4. The van der Waals surface area contributed by atoms with Crippen molar-refractivity contribution in [1.82, 2.24) is 15.5 Å². The summed E-state index contributed by atoms with van der Waals surface area (Å²) in [7, 11) is 0. The van der Waals surface area contributed by atoms with E-state index in [4.69, 9.17) is 4.42 Å². The predicted molar refractivity (Wildman–Crippen MR) is 115 cm³/mol. The number of fused-ring (bicyclic) bond motifs is 1. The fourth-order valence-electron chi connectivity index (χ4n) is 3.71. The van der Waals surface area contributed by atoms with Crippen LogP contribution in [0.1, 0.15) is 48.1 Å². The van der Waals surface area contributed by atoms with Gasteiger partial charge in [-0.05, 0) is 67.9 Å². The lowest BCUT2D eigenvalue weighted by atomic mass is 9.89. The van der Waals surface area contributed by atoms with E-state index >= 15 is 0 Å². The molecule has 5 nitrogen and oxygen atoms in total. The minimum atomic E-state index is -0.0455. The molecule has 150 valence electrons. The van der Waals surface area contributed by atoms with Crippen LogP contribution in [-0.2, 0) is 17.6 Å². The van der Waals surface area contributed by atoms with Crippen LogP contribution in [0.5, 0.6) is 0 Å². The van der Waals surface area contributed by atoms with Gasteiger partial charge in [0, 0.05) is 5.56 Å². The van der Waals surface area contributed by atoms with E-state index in [2.05, 4.69) is 33.7 Å². The number of thioether (sulfide) groups is 1. The zero-order chi connectivity index (χ0) is 20.2. The zero-order valence-electron chi connectivity index (χ0n) is 16.8. The summed E-state index contributed by atoms with van der Waals surface area (Å²) in [5.41, 5.74) is 6.03. The van der Waals surface area contributed by atoms with Crippen LogP contribution < -0.4 is 5.32 Å². The van der Waals surface area contributed by atoms with Crippen molar-refractivity contribution in [2.75, 3.05) is 5.75 Å². The summed E-state index contributed by atoms with van der Waals surface area (Å²) in [5, 5.41) is 11.6. The van der Waals surface area contributed by atoms with Crippen LogP contribution in [0.2, 0.25) is 0 Å². The first-order chi connectivity index (χ1) is 14.1. The number of aromatic nitrogens is 2. The predicted octanol–water partition coefficient (Wildman–Crippen LogP) is 4.89. The molecule has 1 aliphatic carbocycles. The van der Waals surface area contributed by atoms with Gasteiger partial charge in [-0.2, -0.15) is 0 Å². The van der Waals surface area contributed by atoms with E-state index in [0.717, 1.165) is 23.1 Å². The Hall–Kier alpha value is -2.60. The Kier molecular flexibility index (Phi) is 6.00. The molecule has 1 aliphatic rings. The van der Waals surface area contributed by atoms with Crippen molar-refractivity contribution >= 4 is 17.7 Å². The van der Waals surface area contributed by atoms with E-state index in [1.54, 1.807) is 0 Å². The van der Waals surface area contributed by atoms with Gasteiger partial charge in [-0.1, -0.05) is 48.2 Å². The van der Waals surface area contributed by atoms with Crippen LogP contribution in [0.15, 0.2) is 52.1 Å². The summed E-state index contributed by atoms with van der Waals surface area (Å²) in [6.07, 6.45) is 4.83. The molecule has 0 spiro atoms. The van der Waals surface area contributed by atoms with Gasteiger partial charge in [0.05, 0.1) is 11.8 Å². The lowest BCUT2D eigenvalue weighted by molar-refractivity contribution is -0.119. The van der Waals surface area contributed by atoms with Crippen molar-refractivity contribution in [3.05, 3.63) is 64.7 Å². The third-order valence-corrected chi connectivity index (χ3v) is 6.18. The maximum Gasteiger partial charge on any atom is 0.277 e. The maximum absolute atomic E-state index is 12.4. The molecule has 29 heavy (non-hydrogen) atoms. The molecule has 0 bridgehead atoms. The highest BCUT2D eigenvalue weighted by Crippen LogP contribution is 2.26. The van der Waals surface area contributed by atoms with E-state index in [1.807, 2.05) is 38.1 Å². The van der Waals surface area contributed by atoms with Gasteiger partial charge < -0.3 is 9.73 Å². The SMILES string of the molecule is Cc1ccccc1-c1nnc(SCC(=O)N[C@H](C)c2ccc3c(c2)CCCC3)o1. The minimum Gasteiger partial charge on any atom is -0.411 e. The zero-order valence-corrected chi connectivity index (χ0v) is 17.6. The van der Waals surface area contributed by atoms with Gasteiger partial charge in [-0.15, -0.1) is 10.2 Å². The Balaban J connectivity index is 1.33. The van der Waals surface area contributed by atoms with Crippen LogP contribution in [0.3, 0.4) is 0 Å². The molecule has 1 amide bonds. The molecule has 0 unspecified atom stereocenters. The third kappa shape index (κ3) is 4.70. The number of carbonyl (C=O) groups is 1. The molecule has 1 aromatic heterocycles. The summed E-state index contributed by atoms with van der Waals surface area (Å²) in [6.45, 7) is 4.03. The smallest absolute Gasteiger partial charge is 0.277 e. The van der Waals surface area contributed by atoms with Crippen LogP contribution >= 0.6 is 11.8 Å². The number of carbonyl (C=O) groups excluding carboxylic acids is 1. The molecule has 1 N–H and O–H groups in total. The number of nitrogens with zero attached hydrogens (tertiary/aromatic N) is 2. The van der Waals surface area contributed by atoms with Crippen LogP contribution in [-0.4, -0.2) is 21.9 Å². The van der Waals surface area contributed by atoms with E-state index in [0.29, 0.717) is 11.1 Å². The molecule has 4 rings (SSSR count). The third-order valence-electron chi connectivity index (χ3n) is 5.36. The fraction of sp³-hybridized carbons (Fsp3) is 0.348.